The minimum atomic E-state index is -4.00. The van der Waals surface area contributed by atoms with Crippen LogP contribution in [0.5, 0.6) is 0 Å². The molecule has 1 N–H and O–H groups in total. The summed E-state index contributed by atoms with van der Waals surface area (Å²) >= 11 is 0. The van der Waals surface area contributed by atoms with Crippen molar-refractivity contribution in [2.75, 3.05) is 17.1 Å². The molecule has 0 heterocycles. The molecule has 10 nitrogen and oxygen atoms in total. The van der Waals surface area contributed by atoms with Crippen molar-refractivity contribution in [1.29, 1.82) is 0 Å². The lowest BCUT2D eigenvalue weighted by atomic mass is 9.95. The zero-order valence-electron chi connectivity index (χ0n) is 22.1. The lowest BCUT2D eigenvalue weighted by Gasteiger charge is -2.34. The van der Waals surface area contributed by atoms with Gasteiger partial charge in [-0.05, 0) is 37.3 Å². The van der Waals surface area contributed by atoms with E-state index in [1.165, 1.54) is 17.0 Å². The maximum atomic E-state index is 13.8. The fraction of sp³-hybridized carbons (Fsp3) is 0.481. The van der Waals surface area contributed by atoms with Gasteiger partial charge in [-0.25, -0.2) is 8.42 Å². The zero-order chi connectivity index (χ0) is 27.9. The van der Waals surface area contributed by atoms with Crippen LogP contribution in [0.3, 0.4) is 0 Å². The highest BCUT2D eigenvalue weighted by atomic mass is 32.2. The number of non-ortho nitro benzene ring substituents is 1. The third-order valence-corrected chi connectivity index (χ3v) is 8.01. The van der Waals surface area contributed by atoms with Gasteiger partial charge in [-0.2, -0.15) is 0 Å². The van der Waals surface area contributed by atoms with Crippen LogP contribution in [-0.2, 0) is 26.2 Å². The molecular weight excluding hydrogens is 508 g/mol. The van der Waals surface area contributed by atoms with E-state index in [9.17, 15) is 28.1 Å². The molecular formula is C27H36N4O6S. The van der Waals surface area contributed by atoms with Gasteiger partial charge in [-0.15, -0.1) is 0 Å². The summed E-state index contributed by atoms with van der Waals surface area (Å²) in [6.07, 6.45) is 6.30. The second kappa shape index (κ2) is 12.9. The number of anilines is 1. The molecule has 1 aliphatic rings. The molecule has 0 saturated heterocycles. The Morgan fingerprint density at radius 2 is 1.76 bits per heavy atom. The van der Waals surface area contributed by atoms with E-state index in [-0.39, 0.29) is 29.9 Å². The zero-order valence-corrected chi connectivity index (χ0v) is 22.9. The molecule has 2 amide bonds. The minimum absolute atomic E-state index is 0.0504. The van der Waals surface area contributed by atoms with Crippen LogP contribution in [-0.4, -0.2) is 54.9 Å². The Kier molecular flexibility index (Phi) is 9.84. The number of nitrogens with zero attached hydrogens (tertiary/aromatic N) is 3. The van der Waals surface area contributed by atoms with E-state index in [1.807, 2.05) is 37.3 Å². The quantitative estimate of drug-likeness (QED) is 0.337. The molecule has 2 aromatic carbocycles. The van der Waals surface area contributed by atoms with Crippen LogP contribution in [0.25, 0.3) is 0 Å². The third kappa shape index (κ3) is 7.53. The van der Waals surface area contributed by atoms with Gasteiger partial charge in [0.15, 0.2) is 0 Å². The normalized spacial score (nSPS) is 14.9. The Morgan fingerprint density at radius 1 is 1.11 bits per heavy atom. The highest BCUT2D eigenvalue weighted by Gasteiger charge is 2.33. The number of nitro groups is 1. The SMILES string of the molecule is CC[C@H](C(=O)NC1CCCCC1)N(Cc1ccccc1)C(=O)CN(c1cc([N+](=O)[O-])ccc1C)S(C)(=O)=O. The molecule has 0 unspecified atom stereocenters. The number of hydrogen-bond donors (Lipinski definition) is 1. The lowest BCUT2D eigenvalue weighted by Crippen LogP contribution is -2.54. The monoisotopic (exact) mass is 544 g/mol. The summed E-state index contributed by atoms with van der Waals surface area (Å²) in [6, 6.07) is 12.3. The lowest BCUT2D eigenvalue weighted by molar-refractivity contribution is -0.384. The number of benzene rings is 2. The van der Waals surface area contributed by atoms with E-state index in [0.717, 1.165) is 54.3 Å². The fourth-order valence-electron chi connectivity index (χ4n) is 4.82. The van der Waals surface area contributed by atoms with Gasteiger partial charge in [0.25, 0.3) is 5.69 Å². The van der Waals surface area contributed by atoms with Crippen LogP contribution >= 0.6 is 0 Å². The largest absolute Gasteiger partial charge is 0.352 e. The van der Waals surface area contributed by atoms with Gasteiger partial charge in [-0.3, -0.25) is 24.0 Å². The topological polar surface area (TPSA) is 130 Å². The number of carbonyl (C=O) groups excluding carboxylic acids is 2. The maximum Gasteiger partial charge on any atom is 0.271 e. The van der Waals surface area contributed by atoms with E-state index in [1.54, 1.807) is 6.92 Å². The molecule has 0 aliphatic heterocycles. The first-order valence-electron chi connectivity index (χ1n) is 12.9. The summed E-state index contributed by atoms with van der Waals surface area (Å²) in [7, 11) is -4.00. The molecule has 0 spiro atoms. The van der Waals surface area contributed by atoms with Crippen molar-refractivity contribution in [2.24, 2.45) is 0 Å². The van der Waals surface area contributed by atoms with Crippen molar-refractivity contribution < 1.29 is 22.9 Å². The van der Waals surface area contributed by atoms with Gasteiger partial charge in [0.1, 0.15) is 12.6 Å². The van der Waals surface area contributed by atoms with Crippen LogP contribution in [0, 0.1) is 17.0 Å². The summed E-state index contributed by atoms with van der Waals surface area (Å²) in [5, 5.41) is 14.5. The Balaban J connectivity index is 1.95. The number of nitrogens with one attached hydrogen (secondary N) is 1. The second-order valence-corrected chi connectivity index (χ2v) is 11.7. The first-order chi connectivity index (χ1) is 18.0. The number of sulfonamides is 1. The van der Waals surface area contributed by atoms with E-state index in [2.05, 4.69) is 5.32 Å². The van der Waals surface area contributed by atoms with Crippen molar-refractivity contribution in [1.82, 2.24) is 10.2 Å². The fourth-order valence-corrected chi connectivity index (χ4v) is 5.72. The average molecular weight is 545 g/mol. The Hall–Kier alpha value is -3.47. The number of rotatable bonds is 11. The Bertz CT molecular complexity index is 1250. The third-order valence-electron chi connectivity index (χ3n) is 6.88. The van der Waals surface area contributed by atoms with Crippen LogP contribution in [0.2, 0.25) is 0 Å². The second-order valence-electron chi connectivity index (χ2n) is 9.77. The van der Waals surface area contributed by atoms with E-state index < -0.39 is 33.4 Å². The number of nitro benzene ring substituents is 1. The van der Waals surface area contributed by atoms with Crippen molar-refractivity contribution in [3.63, 3.8) is 0 Å². The molecule has 0 radical (unpaired) electrons. The first kappa shape index (κ1) is 29.1. The smallest absolute Gasteiger partial charge is 0.271 e. The molecule has 1 saturated carbocycles. The predicted octanol–water partition coefficient (Wildman–Crippen LogP) is 3.93. The highest BCUT2D eigenvalue weighted by molar-refractivity contribution is 7.92. The van der Waals surface area contributed by atoms with Gasteiger partial charge < -0.3 is 10.2 Å². The summed E-state index contributed by atoms with van der Waals surface area (Å²) in [5.74, 6) is -0.836. The molecule has 0 bridgehead atoms. The summed E-state index contributed by atoms with van der Waals surface area (Å²) < 4.78 is 26.5. The van der Waals surface area contributed by atoms with Crippen LogP contribution in [0.4, 0.5) is 11.4 Å². The number of hydrogen-bond acceptors (Lipinski definition) is 6. The van der Waals surface area contributed by atoms with Gasteiger partial charge in [0.2, 0.25) is 21.8 Å². The number of amides is 2. The van der Waals surface area contributed by atoms with Crippen LogP contribution in [0.1, 0.15) is 56.6 Å². The standard InChI is InChI=1S/C27H36N4O6S/c1-4-24(27(33)28-22-13-9-6-10-14-22)29(18-21-11-7-5-8-12-21)26(32)19-30(38(3,36)37)25-17-23(31(34)35)16-15-20(25)2/h5,7-8,11-12,15-17,22,24H,4,6,9-10,13-14,18-19H2,1-3H3,(H,28,33)/t24-/m1/s1. The maximum absolute atomic E-state index is 13.8. The first-order valence-corrected chi connectivity index (χ1v) is 14.7. The summed E-state index contributed by atoms with van der Waals surface area (Å²) in [6.45, 7) is 2.95. The summed E-state index contributed by atoms with van der Waals surface area (Å²) in [4.78, 5) is 39.4. The molecule has 2 aromatic rings. The molecule has 11 heteroatoms. The predicted molar refractivity (Wildman–Crippen MR) is 146 cm³/mol. The van der Waals surface area contributed by atoms with Crippen molar-refractivity contribution in [2.45, 2.75) is 71.0 Å². The average Bonchev–Trinajstić information content (AvgIpc) is 2.88. The van der Waals surface area contributed by atoms with Crippen LogP contribution < -0.4 is 9.62 Å². The van der Waals surface area contributed by atoms with Gasteiger partial charge in [0, 0.05) is 24.7 Å². The minimum Gasteiger partial charge on any atom is -0.352 e. The van der Waals surface area contributed by atoms with Gasteiger partial charge >= 0.3 is 0 Å². The Labute approximate surface area is 224 Å². The van der Waals surface area contributed by atoms with Crippen molar-refractivity contribution >= 4 is 33.2 Å². The molecule has 38 heavy (non-hydrogen) atoms. The molecule has 0 aromatic heterocycles. The molecule has 1 aliphatic carbocycles. The highest BCUT2D eigenvalue weighted by Crippen LogP contribution is 2.28. The molecule has 3 rings (SSSR count). The van der Waals surface area contributed by atoms with Gasteiger partial charge in [-0.1, -0.05) is 62.6 Å². The van der Waals surface area contributed by atoms with E-state index in [4.69, 9.17) is 0 Å². The number of carbonyl (C=O) groups is 2. The molecule has 1 fully saturated rings. The Morgan fingerprint density at radius 3 is 2.34 bits per heavy atom. The van der Waals surface area contributed by atoms with E-state index in [0.29, 0.717) is 12.0 Å². The van der Waals surface area contributed by atoms with Crippen LogP contribution in [0.15, 0.2) is 48.5 Å². The van der Waals surface area contributed by atoms with Crippen molar-refractivity contribution in [3.8, 4) is 0 Å². The summed E-state index contributed by atoms with van der Waals surface area (Å²) in [5.41, 5.74) is 1.02. The van der Waals surface area contributed by atoms with Gasteiger partial charge in [0.05, 0.1) is 16.9 Å². The van der Waals surface area contributed by atoms with Crippen molar-refractivity contribution in [3.05, 3.63) is 69.8 Å². The number of aryl methyl sites for hydroxylation is 1. The van der Waals surface area contributed by atoms with E-state index >= 15 is 0 Å². The molecule has 1 atom stereocenters. The molecule has 206 valence electrons.